The number of benzene rings is 2. The predicted molar refractivity (Wildman–Crippen MR) is 107 cm³/mol. The van der Waals surface area contributed by atoms with Crippen molar-refractivity contribution in [3.05, 3.63) is 62.5 Å². The van der Waals surface area contributed by atoms with Crippen LogP contribution < -0.4 is 25.0 Å². The van der Waals surface area contributed by atoms with Crippen LogP contribution in [0.15, 0.2) is 33.5 Å². The average molecular weight is 395 g/mol. The Morgan fingerprint density at radius 3 is 2.17 bits per heavy atom. The van der Waals surface area contributed by atoms with Crippen molar-refractivity contribution in [2.45, 2.75) is 19.9 Å². The van der Waals surface area contributed by atoms with Crippen molar-refractivity contribution in [1.29, 1.82) is 0 Å². The van der Waals surface area contributed by atoms with E-state index in [2.05, 4.69) is 5.32 Å². The highest BCUT2D eigenvalue weighted by molar-refractivity contribution is 5.99. The maximum atomic E-state index is 13.4. The van der Waals surface area contributed by atoms with Gasteiger partial charge in [-0.05, 0) is 48.7 Å². The largest absolute Gasteiger partial charge is 0.493 e. The Morgan fingerprint density at radius 1 is 0.931 bits per heavy atom. The minimum atomic E-state index is -0.687. The van der Waals surface area contributed by atoms with Gasteiger partial charge >= 0.3 is 0 Å². The third-order valence-electron chi connectivity index (χ3n) is 5.16. The van der Waals surface area contributed by atoms with Gasteiger partial charge in [-0.25, -0.2) is 0 Å². The van der Waals surface area contributed by atoms with Crippen molar-refractivity contribution in [3.63, 3.8) is 0 Å². The van der Waals surface area contributed by atoms with E-state index < -0.39 is 11.9 Å². The van der Waals surface area contributed by atoms with Gasteiger partial charge in [0.25, 0.3) is 5.91 Å². The molecule has 0 bridgehead atoms. The fourth-order valence-electron chi connectivity index (χ4n) is 3.92. The number of rotatable bonds is 4. The van der Waals surface area contributed by atoms with Gasteiger partial charge < -0.3 is 23.9 Å². The molecule has 1 aliphatic rings. The van der Waals surface area contributed by atoms with Crippen LogP contribution in [0.3, 0.4) is 0 Å². The first-order chi connectivity index (χ1) is 13.9. The molecule has 0 unspecified atom stereocenters. The van der Waals surface area contributed by atoms with E-state index in [1.165, 1.54) is 21.3 Å². The van der Waals surface area contributed by atoms with Crippen molar-refractivity contribution < 1.29 is 23.4 Å². The van der Waals surface area contributed by atoms with E-state index in [1.807, 2.05) is 19.9 Å². The zero-order valence-corrected chi connectivity index (χ0v) is 16.8. The van der Waals surface area contributed by atoms with Gasteiger partial charge in [-0.15, -0.1) is 0 Å². The zero-order valence-electron chi connectivity index (χ0n) is 16.8. The molecule has 1 N–H and O–H groups in total. The summed E-state index contributed by atoms with van der Waals surface area (Å²) in [7, 11) is 4.53. The summed E-state index contributed by atoms with van der Waals surface area (Å²) in [4.78, 5) is 26.0. The monoisotopic (exact) mass is 395 g/mol. The summed E-state index contributed by atoms with van der Waals surface area (Å²) in [5.41, 5.74) is 2.85. The number of hydrogen-bond acceptors (Lipinski definition) is 6. The van der Waals surface area contributed by atoms with Crippen molar-refractivity contribution in [2.75, 3.05) is 21.3 Å². The summed E-state index contributed by atoms with van der Waals surface area (Å²) in [5.74, 6) is 0.895. The Hall–Kier alpha value is -3.48. The van der Waals surface area contributed by atoms with Crippen molar-refractivity contribution in [2.24, 2.45) is 0 Å². The minimum Gasteiger partial charge on any atom is -0.493 e. The Balaban J connectivity index is 1.98. The second-order valence-electron chi connectivity index (χ2n) is 6.99. The van der Waals surface area contributed by atoms with E-state index in [4.69, 9.17) is 18.6 Å². The fourth-order valence-corrected chi connectivity index (χ4v) is 3.92. The molecule has 0 radical (unpaired) electrons. The molecular formula is C22H21NO6. The maximum Gasteiger partial charge on any atom is 0.288 e. The second kappa shape index (κ2) is 6.84. The lowest BCUT2D eigenvalue weighted by molar-refractivity contribution is 0.0937. The summed E-state index contributed by atoms with van der Waals surface area (Å²) in [6.07, 6.45) is 0. The number of carbonyl (C=O) groups is 1. The first-order valence-corrected chi connectivity index (χ1v) is 9.08. The van der Waals surface area contributed by atoms with E-state index in [9.17, 15) is 9.59 Å². The molecule has 1 atom stereocenters. The Morgan fingerprint density at radius 2 is 1.59 bits per heavy atom. The number of aryl methyl sites for hydroxylation is 2. The number of hydrogen-bond donors (Lipinski definition) is 1. The van der Waals surface area contributed by atoms with Gasteiger partial charge in [-0.2, -0.15) is 0 Å². The number of carbonyl (C=O) groups excluding carboxylic acids is 1. The van der Waals surface area contributed by atoms with E-state index in [0.29, 0.717) is 33.8 Å². The van der Waals surface area contributed by atoms with Crippen LogP contribution in [0.5, 0.6) is 17.2 Å². The van der Waals surface area contributed by atoms with Crippen LogP contribution in [0.2, 0.25) is 0 Å². The predicted octanol–water partition coefficient (Wildman–Crippen LogP) is 3.27. The van der Waals surface area contributed by atoms with Gasteiger partial charge in [-0.3, -0.25) is 9.59 Å². The average Bonchev–Trinajstić information content (AvgIpc) is 3.03. The van der Waals surface area contributed by atoms with Crippen LogP contribution >= 0.6 is 0 Å². The third-order valence-corrected chi connectivity index (χ3v) is 5.16. The molecule has 150 valence electrons. The van der Waals surface area contributed by atoms with Crippen LogP contribution in [0, 0.1) is 13.8 Å². The van der Waals surface area contributed by atoms with Gasteiger partial charge in [0.15, 0.2) is 16.9 Å². The summed E-state index contributed by atoms with van der Waals surface area (Å²) in [6.45, 7) is 3.77. The molecule has 0 aliphatic carbocycles. The molecule has 0 saturated heterocycles. The minimum absolute atomic E-state index is 0.0336. The fraction of sp³-hybridized carbons (Fsp3) is 0.273. The van der Waals surface area contributed by atoms with Crippen LogP contribution in [0.1, 0.15) is 38.9 Å². The van der Waals surface area contributed by atoms with Gasteiger partial charge in [0.2, 0.25) is 11.5 Å². The van der Waals surface area contributed by atoms with Gasteiger partial charge in [0.1, 0.15) is 5.58 Å². The van der Waals surface area contributed by atoms with Crippen LogP contribution in [-0.2, 0) is 0 Å². The van der Waals surface area contributed by atoms with Crippen molar-refractivity contribution in [1.82, 2.24) is 5.32 Å². The molecule has 1 aromatic heterocycles. The van der Waals surface area contributed by atoms with Crippen LogP contribution in [0.25, 0.3) is 11.0 Å². The van der Waals surface area contributed by atoms with Gasteiger partial charge in [-0.1, -0.05) is 6.07 Å². The standard InChI is InChI=1S/C22H21NO6/c1-10-6-11(2)16-13(7-10)29-21-17(19(16)24)18(23-22(21)25)12-8-14(26-3)20(28-5)15(9-12)27-4/h6-9,18H,1-5H3,(H,23,25)/t18-/m1/s1. The van der Waals surface area contributed by atoms with E-state index >= 15 is 0 Å². The Kier molecular flexibility index (Phi) is 4.45. The summed E-state index contributed by atoms with van der Waals surface area (Å²) in [6, 6.07) is 6.43. The molecule has 29 heavy (non-hydrogen) atoms. The number of ether oxygens (including phenoxy) is 3. The SMILES string of the molecule is COc1cc([C@H]2NC(=O)c3oc4cc(C)cc(C)c4c(=O)c32)cc(OC)c1OC. The van der Waals surface area contributed by atoms with E-state index in [1.54, 1.807) is 18.2 Å². The molecule has 1 amide bonds. The molecular weight excluding hydrogens is 374 g/mol. The highest BCUT2D eigenvalue weighted by Gasteiger charge is 2.37. The molecule has 0 saturated carbocycles. The number of fused-ring (bicyclic) bond motifs is 2. The van der Waals surface area contributed by atoms with Gasteiger partial charge in [0.05, 0.1) is 38.3 Å². The quantitative estimate of drug-likeness (QED) is 0.730. The van der Waals surface area contributed by atoms with Crippen LogP contribution in [0.4, 0.5) is 0 Å². The van der Waals surface area contributed by atoms with Crippen molar-refractivity contribution in [3.8, 4) is 17.2 Å². The number of methoxy groups -OCH3 is 3. The number of amides is 1. The summed E-state index contributed by atoms with van der Waals surface area (Å²) in [5, 5.41) is 3.32. The maximum absolute atomic E-state index is 13.4. The molecule has 2 heterocycles. The first-order valence-electron chi connectivity index (χ1n) is 9.08. The Labute approximate surface area is 167 Å². The lowest BCUT2D eigenvalue weighted by atomic mass is 9.97. The first kappa shape index (κ1) is 18.9. The number of nitrogens with one attached hydrogen (secondary N) is 1. The van der Waals surface area contributed by atoms with Crippen LogP contribution in [-0.4, -0.2) is 27.2 Å². The molecule has 4 rings (SSSR count). The van der Waals surface area contributed by atoms with Crippen molar-refractivity contribution >= 4 is 16.9 Å². The third kappa shape index (κ3) is 2.81. The molecule has 3 aromatic rings. The molecule has 7 nitrogen and oxygen atoms in total. The smallest absolute Gasteiger partial charge is 0.288 e. The Bertz CT molecular complexity index is 1190. The zero-order chi connectivity index (χ0) is 20.9. The molecule has 0 spiro atoms. The lowest BCUT2D eigenvalue weighted by Crippen LogP contribution is -2.22. The van der Waals surface area contributed by atoms with Gasteiger partial charge in [0, 0.05) is 0 Å². The second-order valence-corrected chi connectivity index (χ2v) is 6.99. The molecule has 1 aliphatic heterocycles. The highest BCUT2D eigenvalue weighted by Crippen LogP contribution is 2.42. The molecule has 0 fully saturated rings. The highest BCUT2D eigenvalue weighted by atomic mass is 16.5. The topological polar surface area (TPSA) is 87.0 Å². The van der Waals surface area contributed by atoms with E-state index in [0.717, 1.165) is 11.1 Å². The summed E-state index contributed by atoms with van der Waals surface area (Å²) >= 11 is 0. The summed E-state index contributed by atoms with van der Waals surface area (Å²) < 4.78 is 22.0. The molecule has 7 heteroatoms. The normalized spacial score (nSPS) is 15.2. The lowest BCUT2D eigenvalue weighted by Gasteiger charge is -2.17. The van der Waals surface area contributed by atoms with E-state index in [-0.39, 0.29) is 16.8 Å². The molecule has 2 aromatic carbocycles.